The van der Waals surface area contributed by atoms with E-state index in [0.29, 0.717) is 18.4 Å². The van der Waals surface area contributed by atoms with Crippen LogP contribution >= 0.6 is 0 Å². The minimum atomic E-state index is -0.824. The van der Waals surface area contributed by atoms with E-state index >= 15 is 0 Å². The van der Waals surface area contributed by atoms with Crippen LogP contribution in [0.2, 0.25) is 0 Å². The molecule has 3 atom stereocenters. The maximum atomic E-state index is 12.9. The van der Waals surface area contributed by atoms with Gasteiger partial charge in [-0.15, -0.1) is 0 Å². The zero-order chi connectivity index (χ0) is 13.6. The largest absolute Gasteiger partial charge is 0.465 e. The van der Waals surface area contributed by atoms with Gasteiger partial charge in [-0.25, -0.2) is 9.18 Å². The first-order valence-electron chi connectivity index (χ1n) is 6.56. The molecule has 102 valence electrons. The molecule has 2 aliphatic heterocycles. The van der Waals surface area contributed by atoms with E-state index in [1.54, 1.807) is 12.1 Å². The lowest BCUT2D eigenvalue weighted by Crippen LogP contribution is -2.37. The highest BCUT2D eigenvalue weighted by Crippen LogP contribution is 2.37. The summed E-state index contributed by atoms with van der Waals surface area (Å²) in [6, 6.07) is 6.58. The number of carbonyl (C=O) groups is 1. The highest BCUT2D eigenvalue weighted by Gasteiger charge is 2.46. The molecule has 3 rings (SSSR count). The predicted octanol–water partition coefficient (Wildman–Crippen LogP) is 2.26. The highest BCUT2D eigenvalue weighted by molar-refractivity contribution is 5.66. The van der Waals surface area contributed by atoms with E-state index in [2.05, 4.69) is 4.90 Å². The Labute approximate surface area is 111 Å². The first kappa shape index (κ1) is 12.3. The van der Waals surface area contributed by atoms with Crippen LogP contribution in [0.4, 0.5) is 14.9 Å². The van der Waals surface area contributed by atoms with Gasteiger partial charge in [0.05, 0.1) is 0 Å². The zero-order valence-electron chi connectivity index (χ0n) is 10.8. The van der Waals surface area contributed by atoms with E-state index in [4.69, 9.17) is 5.11 Å². The molecule has 0 bridgehead atoms. The Morgan fingerprint density at radius 3 is 2.53 bits per heavy atom. The maximum Gasteiger partial charge on any atom is 0.407 e. The third-order valence-corrected chi connectivity index (χ3v) is 4.47. The van der Waals surface area contributed by atoms with Crippen LogP contribution in [0.25, 0.3) is 0 Å². The molecule has 2 fully saturated rings. The average Bonchev–Trinajstić information content (AvgIpc) is 2.90. The fraction of sp³-hybridized carbons (Fsp3) is 0.500. The lowest BCUT2D eigenvalue weighted by atomic mass is 9.95. The van der Waals surface area contributed by atoms with Crippen LogP contribution < -0.4 is 4.90 Å². The summed E-state index contributed by atoms with van der Waals surface area (Å²) in [6.07, 6.45) is -0.824. The van der Waals surface area contributed by atoms with Crippen molar-refractivity contribution in [1.29, 1.82) is 0 Å². The van der Waals surface area contributed by atoms with Crippen molar-refractivity contribution >= 4 is 11.8 Å². The molecule has 2 saturated heterocycles. The number of benzene rings is 1. The summed E-state index contributed by atoms with van der Waals surface area (Å²) >= 11 is 0. The molecule has 0 saturated carbocycles. The summed E-state index contributed by atoms with van der Waals surface area (Å²) in [4.78, 5) is 14.9. The molecular formula is C14H17FN2O2. The summed E-state index contributed by atoms with van der Waals surface area (Å²) in [7, 11) is 0. The number of hydrogen-bond donors (Lipinski definition) is 1. The minimum absolute atomic E-state index is 0.0629. The number of halogens is 1. The fourth-order valence-corrected chi connectivity index (χ4v) is 3.40. The molecule has 0 radical (unpaired) electrons. The van der Waals surface area contributed by atoms with E-state index in [0.717, 1.165) is 18.8 Å². The van der Waals surface area contributed by atoms with Crippen molar-refractivity contribution < 1.29 is 14.3 Å². The summed E-state index contributed by atoms with van der Waals surface area (Å²) in [5.41, 5.74) is 1.02. The molecule has 2 aliphatic rings. The van der Waals surface area contributed by atoms with Crippen molar-refractivity contribution in [3.8, 4) is 0 Å². The van der Waals surface area contributed by atoms with E-state index in [9.17, 15) is 9.18 Å². The molecule has 1 N–H and O–H groups in total. The first-order chi connectivity index (χ1) is 9.06. The Morgan fingerprint density at radius 1 is 1.26 bits per heavy atom. The summed E-state index contributed by atoms with van der Waals surface area (Å²) in [5.74, 6) is 0.533. The van der Waals surface area contributed by atoms with E-state index < -0.39 is 6.09 Å². The maximum absolute atomic E-state index is 12.9. The lowest BCUT2D eigenvalue weighted by Gasteiger charge is -2.25. The van der Waals surface area contributed by atoms with E-state index in [1.165, 1.54) is 17.0 Å². The van der Waals surface area contributed by atoms with Crippen LogP contribution in [0.5, 0.6) is 0 Å². The molecule has 0 aliphatic carbocycles. The number of amides is 1. The number of likely N-dealkylation sites (tertiary alicyclic amines) is 1. The molecule has 0 unspecified atom stereocenters. The van der Waals surface area contributed by atoms with Crippen molar-refractivity contribution in [3.63, 3.8) is 0 Å². The molecule has 0 aromatic heterocycles. The highest BCUT2D eigenvalue weighted by atomic mass is 19.1. The Kier molecular flexibility index (Phi) is 2.84. The van der Waals surface area contributed by atoms with Crippen molar-refractivity contribution in [2.24, 2.45) is 11.8 Å². The minimum Gasteiger partial charge on any atom is -0.465 e. The van der Waals surface area contributed by atoms with Crippen LogP contribution in [0, 0.1) is 17.7 Å². The number of fused-ring (bicyclic) bond motifs is 1. The van der Waals surface area contributed by atoms with Gasteiger partial charge >= 0.3 is 6.09 Å². The molecule has 5 heteroatoms. The molecule has 4 nitrogen and oxygen atoms in total. The summed E-state index contributed by atoms with van der Waals surface area (Å²) < 4.78 is 12.9. The number of carboxylic acid groups (broad SMARTS) is 1. The number of hydrogen-bond acceptors (Lipinski definition) is 2. The van der Waals surface area contributed by atoms with Gasteiger partial charge in [-0.3, -0.25) is 0 Å². The molecule has 1 amide bonds. The van der Waals surface area contributed by atoms with Gasteiger partial charge in [0.25, 0.3) is 0 Å². The van der Waals surface area contributed by atoms with Gasteiger partial charge in [0.1, 0.15) is 5.82 Å². The van der Waals surface area contributed by atoms with Gasteiger partial charge < -0.3 is 14.9 Å². The van der Waals surface area contributed by atoms with Gasteiger partial charge in [0.15, 0.2) is 0 Å². The van der Waals surface area contributed by atoms with Gasteiger partial charge in [0, 0.05) is 43.2 Å². The van der Waals surface area contributed by atoms with Crippen LogP contribution in [0.3, 0.4) is 0 Å². The van der Waals surface area contributed by atoms with Crippen molar-refractivity contribution in [3.05, 3.63) is 30.1 Å². The third kappa shape index (κ3) is 2.03. The number of anilines is 1. The fourth-order valence-electron chi connectivity index (χ4n) is 3.40. The molecule has 1 aromatic rings. The number of rotatable bonds is 1. The monoisotopic (exact) mass is 264 g/mol. The second-order valence-electron chi connectivity index (χ2n) is 5.48. The normalized spacial score (nSPS) is 29.7. The van der Waals surface area contributed by atoms with Gasteiger partial charge in [0.2, 0.25) is 0 Å². The van der Waals surface area contributed by atoms with Crippen molar-refractivity contribution in [1.82, 2.24) is 4.90 Å². The second-order valence-corrected chi connectivity index (χ2v) is 5.48. The van der Waals surface area contributed by atoms with Gasteiger partial charge in [-0.05, 0) is 31.2 Å². The van der Waals surface area contributed by atoms with E-state index in [-0.39, 0.29) is 11.9 Å². The lowest BCUT2D eigenvalue weighted by molar-refractivity contribution is 0.138. The standard InChI is InChI=1S/C14H17FN2O2/c1-9-13-8-16(12-4-2-11(15)3-5-12)6-10(13)7-17(9)14(18)19/h2-5,9-10,13H,6-8H2,1H3,(H,18,19)/t9-,10+,13-/m0/s1. The van der Waals surface area contributed by atoms with Crippen molar-refractivity contribution in [2.45, 2.75) is 13.0 Å². The third-order valence-electron chi connectivity index (χ3n) is 4.47. The van der Waals surface area contributed by atoms with Crippen LogP contribution in [-0.2, 0) is 0 Å². The molecular weight excluding hydrogens is 247 g/mol. The molecule has 19 heavy (non-hydrogen) atoms. The van der Waals surface area contributed by atoms with E-state index in [1.807, 2.05) is 6.92 Å². The molecule has 1 aromatic carbocycles. The Hall–Kier alpha value is -1.78. The molecule has 2 heterocycles. The Morgan fingerprint density at radius 2 is 1.95 bits per heavy atom. The van der Waals surface area contributed by atoms with Crippen molar-refractivity contribution in [2.75, 3.05) is 24.5 Å². The van der Waals surface area contributed by atoms with Crippen LogP contribution in [0.1, 0.15) is 6.92 Å². The first-order valence-corrected chi connectivity index (χ1v) is 6.56. The topological polar surface area (TPSA) is 43.8 Å². The van der Waals surface area contributed by atoms with Gasteiger partial charge in [-0.1, -0.05) is 0 Å². The zero-order valence-corrected chi connectivity index (χ0v) is 10.8. The van der Waals surface area contributed by atoms with Gasteiger partial charge in [-0.2, -0.15) is 0 Å². The van der Waals surface area contributed by atoms with Crippen LogP contribution in [0.15, 0.2) is 24.3 Å². The predicted molar refractivity (Wildman–Crippen MR) is 69.8 cm³/mol. The average molecular weight is 264 g/mol. The Balaban J connectivity index is 1.73. The summed E-state index contributed by atoms with van der Waals surface area (Å²) in [5, 5.41) is 9.12. The quantitative estimate of drug-likeness (QED) is 0.846. The smallest absolute Gasteiger partial charge is 0.407 e. The Bertz CT molecular complexity index is 491. The summed E-state index contributed by atoms with van der Waals surface area (Å²) in [6.45, 7) is 4.29. The second kappa shape index (κ2) is 4.40. The molecule has 0 spiro atoms. The van der Waals surface area contributed by atoms with Crippen LogP contribution in [-0.4, -0.2) is 41.8 Å². The number of nitrogens with zero attached hydrogens (tertiary/aromatic N) is 2. The SMILES string of the molecule is C[C@H]1[C@@H]2CN(c3ccc(F)cc3)C[C@@H]2CN1C(=O)O.